The van der Waals surface area contributed by atoms with E-state index in [1.165, 1.54) is 6.20 Å². The minimum absolute atomic E-state index is 0.0286. The van der Waals surface area contributed by atoms with Crippen LogP contribution in [0.3, 0.4) is 0 Å². The van der Waals surface area contributed by atoms with Crippen LogP contribution in [0.1, 0.15) is 38.2 Å². The molecule has 8 heteroatoms. The molecule has 2 aromatic rings. The maximum atomic E-state index is 14.2. The Bertz CT molecular complexity index is 859. The van der Waals surface area contributed by atoms with E-state index in [4.69, 9.17) is 4.74 Å². The van der Waals surface area contributed by atoms with Gasteiger partial charge in [0.25, 0.3) is 0 Å². The average Bonchev–Trinajstić information content (AvgIpc) is 3.20. The molecule has 0 saturated carbocycles. The van der Waals surface area contributed by atoms with Crippen molar-refractivity contribution in [2.45, 2.75) is 38.7 Å². The van der Waals surface area contributed by atoms with Crippen LogP contribution in [0.2, 0.25) is 0 Å². The number of benzene rings is 1. The molecule has 0 spiro atoms. The van der Waals surface area contributed by atoms with Crippen LogP contribution in [0, 0.1) is 5.82 Å². The van der Waals surface area contributed by atoms with E-state index in [-0.39, 0.29) is 17.9 Å². The highest BCUT2D eigenvalue weighted by Gasteiger charge is 2.27. The molecule has 30 heavy (non-hydrogen) atoms. The number of hydrogen-bond acceptors (Lipinski definition) is 6. The van der Waals surface area contributed by atoms with E-state index >= 15 is 0 Å². The Labute approximate surface area is 177 Å². The van der Waals surface area contributed by atoms with E-state index in [0.717, 1.165) is 24.2 Å². The summed E-state index contributed by atoms with van der Waals surface area (Å²) in [7, 11) is 3.65. The predicted octanol–water partition coefficient (Wildman–Crippen LogP) is 2.97. The number of aromatic nitrogens is 2. The van der Waals surface area contributed by atoms with Gasteiger partial charge in [-0.25, -0.2) is 9.37 Å². The van der Waals surface area contributed by atoms with Crippen molar-refractivity contribution < 1.29 is 13.9 Å². The summed E-state index contributed by atoms with van der Waals surface area (Å²) in [6.45, 7) is 5.83. The molecule has 1 aliphatic rings. The molecule has 1 aliphatic heterocycles. The first-order valence-corrected chi connectivity index (χ1v) is 10.4. The Kier molecular flexibility index (Phi) is 7.07. The van der Waals surface area contributed by atoms with Crippen molar-refractivity contribution in [3.63, 3.8) is 0 Å². The molecule has 1 saturated heterocycles. The summed E-state index contributed by atoms with van der Waals surface area (Å²) in [5.41, 5.74) is 0.947. The van der Waals surface area contributed by atoms with E-state index in [0.29, 0.717) is 31.4 Å². The molecule has 162 valence electrons. The van der Waals surface area contributed by atoms with Gasteiger partial charge in [0, 0.05) is 33.6 Å². The lowest BCUT2D eigenvalue weighted by Crippen LogP contribution is -2.28. The summed E-state index contributed by atoms with van der Waals surface area (Å²) in [5.74, 6) is 0.912. The van der Waals surface area contributed by atoms with E-state index in [9.17, 15) is 9.18 Å². The van der Waals surface area contributed by atoms with Gasteiger partial charge in [-0.05, 0) is 31.0 Å². The molecule has 2 atom stereocenters. The lowest BCUT2D eigenvalue weighted by Gasteiger charge is -2.20. The molecule has 3 rings (SSSR count). The first kappa shape index (κ1) is 21.8. The third kappa shape index (κ3) is 5.17. The van der Waals surface area contributed by atoms with Crippen LogP contribution < -0.4 is 19.9 Å². The zero-order valence-electron chi connectivity index (χ0n) is 18.1. The number of ether oxygens (including phenoxy) is 1. The van der Waals surface area contributed by atoms with Gasteiger partial charge in [-0.2, -0.15) is 4.98 Å². The number of rotatable bonds is 8. The Hall–Kier alpha value is -2.90. The summed E-state index contributed by atoms with van der Waals surface area (Å²) < 4.78 is 20.3. The molecule has 1 aromatic heterocycles. The van der Waals surface area contributed by atoms with E-state index in [2.05, 4.69) is 15.3 Å². The Balaban J connectivity index is 1.59. The van der Waals surface area contributed by atoms with Gasteiger partial charge in [0.15, 0.2) is 11.6 Å². The maximum absolute atomic E-state index is 14.2. The smallest absolute Gasteiger partial charge is 0.227 e. The van der Waals surface area contributed by atoms with Gasteiger partial charge in [-0.1, -0.05) is 19.1 Å². The average molecular weight is 416 g/mol. The SMILES string of the molecule is CCCNC(=O)C(C)c1ccc(OC2CCN(c3nc(N(C)C)ncc3F)C2)cc1. The van der Waals surface area contributed by atoms with Crippen LogP contribution in [-0.4, -0.2) is 55.7 Å². The van der Waals surface area contributed by atoms with Gasteiger partial charge in [-0.15, -0.1) is 0 Å². The van der Waals surface area contributed by atoms with E-state index in [1.807, 2.05) is 57.1 Å². The summed E-state index contributed by atoms with van der Waals surface area (Å²) >= 11 is 0. The second-order valence-corrected chi connectivity index (χ2v) is 7.79. The minimum atomic E-state index is -0.430. The highest BCUT2D eigenvalue weighted by atomic mass is 19.1. The van der Waals surface area contributed by atoms with Crippen LogP contribution in [0.25, 0.3) is 0 Å². The van der Waals surface area contributed by atoms with Crippen LogP contribution in [0.15, 0.2) is 30.5 Å². The van der Waals surface area contributed by atoms with E-state index in [1.54, 1.807) is 4.90 Å². The second-order valence-electron chi connectivity index (χ2n) is 7.79. The normalized spacial score (nSPS) is 17.0. The van der Waals surface area contributed by atoms with Gasteiger partial charge in [0.1, 0.15) is 11.9 Å². The molecule has 1 amide bonds. The summed E-state index contributed by atoms with van der Waals surface area (Å²) in [6.07, 6.45) is 2.85. The molecule has 1 N–H and O–H groups in total. The molecule has 2 heterocycles. The Morgan fingerprint density at radius 1 is 1.37 bits per heavy atom. The lowest BCUT2D eigenvalue weighted by atomic mass is 10.0. The predicted molar refractivity (Wildman–Crippen MR) is 116 cm³/mol. The number of anilines is 2. The number of halogens is 1. The molecule has 1 fully saturated rings. The van der Waals surface area contributed by atoms with Crippen molar-refractivity contribution in [3.8, 4) is 5.75 Å². The standard InChI is InChI=1S/C22H30FN5O2/c1-5-11-24-21(29)15(2)16-6-8-17(9-7-16)30-18-10-12-28(14-18)20-19(23)13-25-22(26-20)27(3)4/h6-9,13,15,18H,5,10-12,14H2,1-4H3,(H,24,29). The molecular weight excluding hydrogens is 385 g/mol. The fourth-order valence-corrected chi connectivity index (χ4v) is 3.38. The van der Waals surface area contributed by atoms with Crippen molar-refractivity contribution in [2.24, 2.45) is 0 Å². The van der Waals surface area contributed by atoms with E-state index < -0.39 is 5.82 Å². The Morgan fingerprint density at radius 2 is 2.10 bits per heavy atom. The molecule has 0 aliphatic carbocycles. The number of carbonyl (C=O) groups is 1. The fraction of sp³-hybridized carbons (Fsp3) is 0.500. The largest absolute Gasteiger partial charge is 0.489 e. The third-order valence-corrected chi connectivity index (χ3v) is 5.18. The van der Waals surface area contributed by atoms with Gasteiger partial charge < -0.3 is 19.9 Å². The number of nitrogens with one attached hydrogen (secondary N) is 1. The van der Waals surface area contributed by atoms with Crippen LogP contribution >= 0.6 is 0 Å². The molecule has 7 nitrogen and oxygen atoms in total. The maximum Gasteiger partial charge on any atom is 0.227 e. The third-order valence-electron chi connectivity index (χ3n) is 5.18. The highest BCUT2D eigenvalue weighted by Crippen LogP contribution is 2.26. The van der Waals surface area contributed by atoms with Gasteiger partial charge in [0.2, 0.25) is 11.9 Å². The number of nitrogens with zero attached hydrogens (tertiary/aromatic N) is 4. The molecule has 1 aromatic carbocycles. The van der Waals surface area contributed by atoms with Crippen LogP contribution in [0.5, 0.6) is 5.75 Å². The van der Waals surface area contributed by atoms with Crippen molar-refractivity contribution in [1.82, 2.24) is 15.3 Å². The minimum Gasteiger partial charge on any atom is -0.489 e. The van der Waals surface area contributed by atoms with Crippen molar-refractivity contribution >= 4 is 17.7 Å². The van der Waals surface area contributed by atoms with Gasteiger partial charge in [0.05, 0.1) is 18.7 Å². The zero-order valence-corrected chi connectivity index (χ0v) is 18.1. The zero-order chi connectivity index (χ0) is 21.7. The highest BCUT2D eigenvalue weighted by molar-refractivity contribution is 5.83. The monoisotopic (exact) mass is 415 g/mol. The second kappa shape index (κ2) is 9.73. The van der Waals surface area contributed by atoms with Gasteiger partial charge in [-0.3, -0.25) is 4.79 Å². The number of hydrogen-bond donors (Lipinski definition) is 1. The first-order valence-electron chi connectivity index (χ1n) is 10.4. The molecule has 0 bridgehead atoms. The van der Waals surface area contributed by atoms with Crippen molar-refractivity contribution in [1.29, 1.82) is 0 Å². The first-order chi connectivity index (χ1) is 14.4. The summed E-state index contributed by atoms with van der Waals surface area (Å²) in [6, 6.07) is 7.62. The van der Waals surface area contributed by atoms with Gasteiger partial charge >= 0.3 is 0 Å². The lowest BCUT2D eigenvalue weighted by molar-refractivity contribution is -0.122. The van der Waals surface area contributed by atoms with Crippen LogP contribution in [0.4, 0.5) is 16.2 Å². The number of carbonyl (C=O) groups excluding carboxylic acids is 1. The molecular formula is C22H30FN5O2. The van der Waals surface area contributed by atoms with Crippen molar-refractivity contribution in [2.75, 3.05) is 43.5 Å². The quantitative estimate of drug-likeness (QED) is 0.715. The number of amides is 1. The van der Waals surface area contributed by atoms with Crippen molar-refractivity contribution in [3.05, 3.63) is 41.8 Å². The molecule has 2 unspecified atom stereocenters. The summed E-state index contributed by atoms with van der Waals surface area (Å²) in [4.78, 5) is 24.1. The Morgan fingerprint density at radius 3 is 2.77 bits per heavy atom. The van der Waals surface area contributed by atoms with Crippen LogP contribution in [-0.2, 0) is 4.79 Å². The fourth-order valence-electron chi connectivity index (χ4n) is 3.38. The topological polar surface area (TPSA) is 70.6 Å². The summed E-state index contributed by atoms with van der Waals surface area (Å²) in [5, 5.41) is 2.92. The molecule has 0 radical (unpaired) electrons.